The van der Waals surface area contributed by atoms with Crippen molar-refractivity contribution in [3.8, 4) is 0 Å². The Bertz CT molecular complexity index is 468. The maximum atomic E-state index is 5.07. The SMILES string of the molecule is CCCNc1cccc(N(C)Cc2ccoc2)n1. The van der Waals surface area contributed by atoms with E-state index in [0.29, 0.717) is 0 Å². The topological polar surface area (TPSA) is 41.3 Å². The van der Waals surface area contributed by atoms with Crippen LogP contribution in [0.3, 0.4) is 0 Å². The van der Waals surface area contributed by atoms with Gasteiger partial charge < -0.3 is 14.6 Å². The zero-order valence-corrected chi connectivity index (χ0v) is 10.9. The molecule has 0 aliphatic rings. The summed E-state index contributed by atoms with van der Waals surface area (Å²) in [6.07, 6.45) is 4.54. The van der Waals surface area contributed by atoms with Gasteiger partial charge in [-0.2, -0.15) is 0 Å². The lowest BCUT2D eigenvalue weighted by atomic mass is 10.3. The molecule has 0 unspecified atom stereocenters. The fraction of sp³-hybridized carbons (Fsp3) is 0.357. The van der Waals surface area contributed by atoms with Crippen LogP contribution >= 0.6 is 0 Å². The summed E-state index contributed by atoms with van der Waals surface area (Å²) >= 11 is 0. The van der Waals surface area contributed by atoms with Crippen LogP contribution in [-0.4, -0.2) is 18.6 Å². The molecule has 2 aromatic rings. The van der Waals surface area contributed by atoms with Crippen LogP contribution in [0.25, 0.3) is 0 Å². The average molecular weight is 245 g/mol. The highest BCUT2D eigenvalue weighted by Gasteiger charge is 2.05. The molecule has 1 N–H and O–H groups in total. The van der Waals surface area contributed by atoms with E-state index in [9.17, 15) is 0 Å². The minimum Gasteiger partial charge on any atom is -0.472 e. The first kappa shape index (κ1) is 12.5. The largest absolute Gasteiger partial charge is 0.472 e. The molecule has 0 atom stereocenters. The Hall–Kier alpha value is -1.97. The lowest BCUT2D eigenvalue weighted by molar-refractivity contribution is 0.563. The molecule has 18 heavy (non-hydrogen) atoms. The first-order valence-electron chi connectivity index (χ1n) is 6.22. The van der Waals surface area contributed by atoms with Gasteiger partial charge in [0.1, 0.15) is 11.6 Å². The van der Waals surface area contributed by atoms with E-state index >= 15 is 0 Å². The highest BCUT2D eigenvalue weighted by molar-refractivity contribution is 5.46. The minimum absolute atomic E-state index is 0.792. The standard InChI is InChI=1S/C14H19N3O/c1-3-8-15-13-5-4-6-14(16-13)17(2)10-12-7-9-18-11-12/h4-7,9,11H,3,8,10H2,1-2H3,(H,15,16). The molecule has 0 fully saturated rings. The molecule has 0 bridgehead atoms. The summed E-state index contributed by atoms with van der Waals surface area (Å²) < 4.78 is 5.07. The van der Waals surface area contributed by atoms with Crippen LogP contribution in [0.5, 0.6) is 0 Å². The van der Waals surface area contributed by atoms with Crippen molar-refractivity contribution in [2.75, 3.05) is 23.8 Å². The number of hydrogen-bond acceptors (Lipinski definition) is 4. The van der Waals surface area contributed by atoms with Gasteiger partial charge in [-0.3, -0.25) is 0 Å². The van der Waals surface area contributed by atoms with Crippen molar-refractivity contribution in [1.82, 2.24) is 4.98 Å². The molecule has 96 valence electrons. The van der Waals surface area contributed by atoms with Crippen LogP contribution in [0, 0.1) is 0 Å². The van der Waals surface area contributed by atoms with E-state index in [0.717, 1.165) is 36.7 Å². The second-order valence-corrected chi connectivity index (χ2v) is 4.30. The maximum Gasteiger partial charge on any atom is 0.130 e. The monoisotopic (exact) mass is 245 g/mol. The highest BCUT2D eigenvalue weighted by Crippen LogP contribution is 2.15. The van der Waals surface area contributed by atoms with Gasteiger partial charge in [0, 0.05) is 25.7 Å². The summed E-state index contributed by atoms with van der Waals surface area (Å²) in [7, 11) is 2.03. The van der Waals surface area contributed by atoms with Crippen LogP contribution in [0.4, 0.5) is 11.6 Å². The molecule has 2 heterocycles. The molecule has 0 saturated heterocycles. The molecule has 2 rings (SSSR count). The summed E-state index contributed by atoms with van der Waals surface area (Å²) in [4.78, 5) is 6.67. The van der Waals surface area contributed by atoms with Gasteiger partial charge >= 0.3 is 0 Å². The van der Waals surface area contributed by atoms with Gasteiger partial charge in [-0.25, -0.2) is 4.98 Å². The third-order valence-corrected chi connectivity index (χ3v) is 2.68. The fourth-order valence-corrected chi connectivity index (χ4v) is 1.72. The number of hydrogen-bond donors (Lipinski definition) is 1. The van der Waals surface area contributed by atoms with E-state index in [-0.39, 0.29) is 0 Å². The van der Waals surface area contributed by atoms with Gasteiger partial charge in [0.15, 0.2) is 0 Å². The van der Waals surface area contributed by atoms with E-state index in [4.69, 9.17) is 4.42 Å². The number of anilines is 2. The molecule has 0 spiro atoms. The number of rotatable bonds is 6. The predicted molar refractivity (Wildman–Crippen MR) is 73.8 cm³/mol. The number of furan rings is 1. The predicted octanol–water partition coefficient (Wildman–Crippen LogP) is 3.13. The van der Waals surface area contributed by atoms with Crippen LogP contribution < -0.4 is 10.2 Å². The normalized spacial score (nSPS) is 10.3. The summed E-state index contributed by atoms with van der Waals surface area (Å²) in [6, 6.07) is 7.99. The van der Waals surface area contributed by atoms with Gasteiger partial charge in [-0.1, -0.05) is 13.0 Å². The van der Waals surface area contributed by atoms with Crippen molar-refractivity contribution in [3.63, 3.8) is 0 Å². The number of nitrogens with zero attached hydrogens (tertiary/aromatic N) is 2. The first-order valence-corrected chi connectivity index (χ1v) is 6.22. The second kappa shape index (κ2) is 6.10. The summed E-state index contributed by atoms with van der Waals surface area (Å²) in [5, 5.41) is 3.29. The van der Waals surface area contributed by atoms with E-state index in [1.54, 1.807) is 12.5 Å². The summed E-state index contributed by atoms with van der Waals surface area (Å²) in [5.74, 6) is 1.88. The zero-order valence-electron chi connectivity index (χ0n) is 10.9. The second-order valence-electron chi connectivity index (χ2n) is 4.30. The molecule has 4 nitrogen and oxygen atoms in total. The number of nitrogens with one attached hydrogen (secondary N) is 1. The highest BCUT2D eigenvalue weighted by atomic mass is 16.3. The summed E-state index contributed by atoms with van der Waals surface area (Å²) in [6.45, 7) is 3.88. The number of aromatic nitrogens is 1. The van der Waals surface area contributed by atoms with Crippen LogP contribution in [0.15, 0.2) is 41.2 Å². The Labute approximate surface area is 108 Å². The third kappa shape index (κ3) is 3.26. The van der Waals surface area contributed by atoms with Gasteiger partial charge in [-0.05, 0) is 24.6 Å². The Morgan fingerprint density at radius 2 is 2.22 bits per heavy atom. The smallest absolute Gasteiger partial charge is 0.130 e. The molecule has 2 aromatic heterocycles. The molecule has 0 amide bonds. The Morgan fingerprint density at radius 1 is 1.33 bits per heavy atom. The van der Waals surface area contributed by atoms with Crippen molar-refractivity contribution in [3.05, 3.63) is 42.4 Å². The Morgan fingerprint density at radius 3 is 2.94 bits per heavy atom. The minimum atomic E-state index is 0.792. The van der Waals surface area contributed by atoms with E-state index in [2.05, 4.69) is 22.1 Å². The lowest BCUT2D eigenvalue weighted by Crippen LogP contribution is -2.17. The van der Waals surface area contributed by atoms with Crippen LogP contribution in [0.1, 0.15) is 18.9 Å². The van der Waals surface area contributed by atoms with Gasteiger partial charge in [0.05, 0.1) is 12.5 Å². The van der Waals surface area contributed by atoms with Crippen molar-refractivity contribution >= 4 is 11.6 Å². The fourth-order valence-electron chi connectivity index (χ4n) is 1.72. The van der Waals surface area contributed by atoms with Crippen molar-refractivity contribution in [2.45, 2.75) is 19.9 Å². The molecule has 0 aromatic carbocycles. The molecular formula is C14H19N3O. The molecule has 0 saturated carbocycles. The molecule has 4 heteroatoms. The molecular weight excluding hydrogens is 226 g/mol. The van der Waals surface area contributed by atoms with E-state index < -0.39 is 0 Å². The van der Waals surface area contributed by atoms with Crippen LogP contribution in [-0.2, 0) is 6.54 Å². The van der Waals surface area contributed by atoms with Gasteiger partial charge in [0.25, 0.3) is 0 Å². The van der Waals surface area contributed by atoms with Gasteiger partial charge in [-0.15, -0.1) is 0 Å². The zero-order chi connectivity index (χ0) is 12.8. The van der Waals surface area contributed by atoms with Crippen molar-refractivity contribution in [2.24, 2.45) is 0 Å². The first-order chi connectivity index (χ1) is 8.79. The number of pyridine rings is 1. The van der Waals surface area contributed by atoms with Crippen molar-refractivity contribution in [1.29, 1.82) is 0 Å². The molecule has 0 aliphatic carbocycles. The van der Waals surface area contributed by atoms with E-state index in [1.165, 1.54) is 0 Å². The maximum absolute atomic E-state index is 5.07. The van der Waals surface area contributed by atoms with E-state index in [1.807, 2.05) is 31.3 Å². The summed E-state index contributed by atoms with van der Waals surface area (Å²) in [5.41, 5.74) is 1.14. The average Bonchev–Trinajstić information content (AvgIpc) is 2.89. The van der Waals surface area contributed by atoms with Crippen LogP contribution in [0.2, 0.25) is 0 Å². The Kier molecular flexibility index (Phi) is 4.23. The third-order valence-electron chi connectivity index (χ3n) is 2.68. The Balaban J connectivity index is 2.03. The quantitative estimate of drug-likeness (QED) is 0.849. The molecule has 0 radical (unpaired) electrons. The molecule has 0 aliphatic heterocycles. The lowest BCUT2D eigenvalue weighted by Gasteiger charge is -2.18. The van der Waals surface area contributed by atoms with Gasteiger partial charge in [0.2, 0.25) is 0 Å². The van der Waals surface area contributed by atoms with Crippen molar-refractivity contribution < 1.29 is 4.42 Å².